The van der Waals surface area contributed by atoms with Gasteiger partial charge in [0.25, 0.3) is 0 Å². The highest BCUT2D eigenvalue weighted by molar-refractivity contribution is 5.78. The molecule has 1 aliphatic carbocycles. The van der Waals surface area contributed by atoms with E-state index in [9.17, 15) is 14.7 Å². The summed E-state index contributed by atoms with van der Waals surface area (Å²) in [6.07, 6.45) is -0.852. The van der Waals surface area contributed by atoms with Crippen LogP contribution in [-0.2, 0) is 16.0 Å². The molecule has 0 saturated heterocycles. The van der Waals surface area contributed by atoms with Gasteiger partial charge < -0.3 is 20.7 Å². The summed E-state index contributed by atoms with van der Waals surface area (Å²) in [6.45, 7) is 0. The van der Waals surface area contributed by atoms with Crippen LogP contribution in [0.15, 0.2) is 42.5 Å². The molecule has 2 aromatic rings. The first-order valence-electron chi connectivity index (χ1n) is 7.54. The lowest BCUT2D eigenvalue weighted by Crippen LogP contribution is -2.39. The summed E-state index contributed by atoms with van der Waals surface area (Å²) in [5.74, 6) is -2.10. The quantitative estimate of drug-likeness (QED) is 0.638. The van der Waals surface area contributed by atoms with Crippen LogP contribution in [0.5, 0.6) is 5.75 Å². The van der Waals surface area contributed by atoms with Crippen molar-refractivity contribution in [3.05, 3.63) is 53.6 Å². The zero-order valence-corrected chi connectivity index (χ0v) is 12.8. The Balaban J connectivity index is 1.80. The molecule has 0 aromatic heterocycles. The normalized spacial score (nSPS) is 14.4. The lowest BCUT2D eigenvalue weighted by atomic mass is 10.1. The summed E-state index contributed by atoms with van der Waals surface area (Å²) in [5.41, 5.74) is 9.96. The second-order valence-corrected chi connectivity index (χ2v) is 5.78. The molecular formula is C18H17NO5. The number of aliphatic carboxylic acids is 2. The standard InChI is InChI=1S/C18H17NO5/c19-15(17(20)21)9-16(18(22)23)24-12-5-6-14-11(8-12)7-10-3-1-2-4-13(10)14/h1-6,8,15-16H,7,9,19H2,(H,20,21)(H,22,23)/t15-,16?/m0/s1. The zero-order valence-electron chi connectivity index (χ0n) is 12.8. The number of rotatable bonds is 6. The van der Waals surface area contributed by atoms with Crippen LogP contribution in [0.3, 0.4) is 0 Å². The molecule has 0 aliphatic heterocycles. The second kappa shape index (κ2) is 6.33. The van der Waals surface area contributed by atoms with Crippen molar-refractivity contribution in [3.8, 4) is 16.9 Å². The Morgan fingerprint density at radius 3 is 2.46 bits per heavy atom. The van der Waals surface area contributed by atoms with E-state index in [0.717, 1.165) is 17.5 Å². The summed E-state index contributed by atoms with van der Waals surface area (Å²) in [5, 5.41) is 18.1. The number of nitrogens with two attached hydrogens (primary N) is 1. The van der Waals surface area contributed by atoms with Crippen LogP contribution in [0.2, 0.25) is 0 Å². The van der Waals surface area contributed by atoms with Gasteiger partial charge in [0, 0.05) is 6.42 Å². The van der Waals surface area contributed by atoms with Gasteiger partial charge in [0.1, 0.15) is 11.8 Å². The molecule has 1 aliphatic rings. The molecule has 3 rings (SSSR count). The third kappa shape index (κ3) is 3.09. The minimum atomic E-state index is -1.31. The van der Waals surface area contributed by atoms with Gasteiger partial charge in [-0.3, -0.25) is 4.79 Å². The smallest absolute Gasteiger partial charge is 0.344 e. The van der Waals surface area contributed by atoms with Crippen molar-refractivity contribution in [1.82, 2.24) is 0 Å². The van der Waals surface area contributed by atoms with E-state index in [-0.39, 0.29) is 6.42 Å². The molecule has 0 heterocycles. The number of benzene rings is 2. The van der Waals surface area contributed by atoms with Crippen LogP contribution in [0, 0.1) is 0 Å². The van der Waals surface area contributed by atoms with E-state index in [4.69, 9.17) is 15.6 Å². The van der Waals surface area contributed by atoms with Crippen LogP contribution in [0.1, 0.15) is 17.5 Å². The van der Waals surface area contributed by atoms with Crippen LogP contribution in [0.25, 0.3) is 11.1 Å². The summed E-state index contributed by atoms with van der Waals surface area (Å²) in [7, 11) is 0. The molecule has 2 atom stereocenters. The molecule has 6 nitrogen and oxygen atoms in total. The van der Waals surface area contributed by atoms with Crippen molar-refractivity contribution in [2.24, 2.45) is 5.73 Å². The lowest BCUT2D eigenvalue weighted by Gasteiger charge is -2.17. The molecule has 124 valence electrons. The Kier molecular flexibility index (Phi) is 4.22. The third-order valence-corrected chi connectivity index (χ3v) is 4.10. The topological polar surface area (TPSA) is 110 Å². The van der Waals surface area contributed by atoms with Crippen LogP contribution < -0.4 is 10.5 Å². The predicted octanol–water partition coefficient (Wildman–Crippen LogP) is 1.89. The van der Waals surface area contributed by atoms with E-state index < -0.39 is 24.1 Å². The van der Waals surface area contributed by atoms with Gasteiger partial charge in [-0.1, -0.05) is 30.3 Å². The fraction of sp³-hybridized carbons (Fsp3) is 0.222. The van der Waals surface area contributed by atoms with Crippen LogP contribution >= 0.6 is 0 Å². The van der Waals surface area contributed by atoms with Gasteiger partial charge in [-0.15, -0.1) is 0 Å². The summed E-state index contributed by atoms with van der Waals surface area (Å²) in [4.78, 5) is 22.1. The molecule has 0 spiro atoms. The molecule has 0 fully saturated rings. The fourth-order valence-corrected chi connectivity index (χ4v) is 2.89. The zero-order chi connectivity index (χ0) is 17.3. The van der Waals surface area contributed by atoms with Gasteiger partial charge in [-0.25, -0.2) is 4.79 Å². The molecule has 24 heavy (non-hydrogen) atoms. The number of carboxylic acid groups (broad SMARTS) is 2. The SMILES string of the molecule is N[C@@H](CC(Oc1ccc2c(c1)Cc1ccccc1-2)C(=O)O)C(=O)O. The highest BCUT2D eigenvalue weighted by Gasteiger charge is 2.27. The van der Waals surface area contributed by atoms with Gasteiger partial charge >= 0.3 is 11.9 Å². The highest BCUT2D eigenvalue weighted by atomic mass is 16.5. The monoisotopic (exact) mass is 327 g/mol. The Morgan fingerprint density at radius 2 is 1.75 bits per heavy atom. The van der Waals surface area contributed by atoms with Crippen molar-refractivity contribution in [2.45, 2.75) is 25.0 Å². The number of carboxylic acids is 2. The van der Waals surface area contributed by atoms with Crippen molar-refractivity contribution in [3.63, 3.8) is 0 Å². The molecule has 1 unspecified atom stereocenters. The first-order chi connectivity index (χ1) is 11.5. The molecule has 0 amide bonds. The molecular weight excluding hydrogens is 310 g/mol. The predicted molar refractivity (Wildman–Crippen MR) is 87.0 cm³/mol. The first-order valence-corrected chi connectivity index (χ1v) is 7.54. The summed E-state index contributed by atoms with van der Waals surface area (Å²) < 4.78 is 5.48. The van der Waals surface area contributed by atoms with Crippen molar-refractivity contribution >= 4 is 11.9 Å². The summed E-state index contributed by atoms with van der Waals surface area (Å²) in [6, 6.07) is 12.2. The maximum absolute atomic E-state index is 11.3. The summed E-state index contributed by atoms with van der Waals surface area (Å²) >= 11 is 0. The maximum Gasteiger partial charge on any atom is 0.344 e. The Hall–Kier alpha value is -2.86. The van der Waals surface area contributed by atoms with E-state index in [1.54, 1.807) is 12.1 Å². The Morgan fingerprint density at radius 1 is 1.04 bits per heavy atom. The lowest BCUT2D eigenvalue weighted by molar-refractivity contribution is -0.146. The van der Waals surface area contributed by atoms with Crippen LogP contribution in [0.4, 0.5) is 0 Å². The number of carbonyl (C=O) groups is 2. The Bertz CT molecular complexity index is 802. The van der Waals surface area contributed by atoms with Gasteiger partial charge in [0.05, 0.1) is 0 Å². The molecule has 0 radical (unpaired) electrons. The van der Waals surface area contributed by atoms with E-state index in [1.165, 1.54) is 11.1 Å². The van der Waals surface area contributed by atoms with E-state index in [2.05, 4.69) is 6.07 Å². The third-order valence-electron chi connectivity index (χ3n) is 4.10. The maximum atomic E-state index is 11.3. The second-order valence-electron chi connectivity index (χ2n) is 5.78. The van der Waals surface area contributed by atoms with Gasteiger partial charge in [0.15, 0.2) is 6.10 Å². The minimum absolute atomic E-state index is 0.304. The molecule has 2 aromatic carbocycles. The fourth-order valence-electron chi connectivity index (χ4n) is 2.89. The first kappa shape index (κ1) is 16.0. The number of hydrogen-bond acceptors (Lipinski definition) is 4. The van der Waals surface area contributed by atoms with Gasteiger partial charge in [-0.2, -0.15) is 0 Å². The largest absolute Gasteiger partial charge is 0.480 e. The minimum Gasteiger partial charge on any atom is -0.480 e. The highest BCUT2D eigenvalue weighted by Crippen LogP contribution is 2.38. The molecule has 0 bridgehead atoms. The molecule has 4 N–H and O–H groups in total. The molecule has 6 heteroatoms. The molecule has 0 saturated carbocycles. The van der Waals surface area contributed by atoms with Crippen molar-refractivity contribution in [2.75, 3.05) is 0 Å². The average molecular weight is 327 g/mol. The van der Waals surface area contributed by atoms with Crippen molar-refractivity contribution < 1.29 is 24.5 Å². The number of hydrogen-bond donors (Lipinski definition) is 3. The van der Waals surface area contributed by atoms with Crippen LogP contribution in [-0.4, -0.2) is 34.3 Å². The number of ether oxygens (including phenoxy) is 1. The van der Waals surface area contributed by atoms with E-state index >= 15 is 0 Å². The van der Waals surface area contributed by atoms with Crippen molar-refractivity contribution in [1.29, 1.82) is 0 Å². The Labute approximate surface area is 138 Å². The van der Waals surface area contributed by atoms with E-state index in [1.807, 2.05) is 24.3 Å². The van der Waals surface area contributed by atoms with Gasteiger partial charge in [-0.05, 0) is 40.8 Å². The average Bonchev–Trinajstić information content (AvgIpc) is 2.91. The number of fused-ring (bicyclic) bond motifs is 3. The van der Waals surface area contributed by atoms with Gasteiger partial charge in [0.2, 0.25) is 0 Å². The van der Waals surface area contributed by atoms with E-state index in [0.29, 0.717) is 5.75 Å².